The fourth-order valence-corrected chi connectivity index (χ4v) is 2.05. The standard InChI is InChI=1S/C16H17ClFNO/c17-14-5-1-12(2-6-14)9-10-19-11-16(20)13-3-7-15(18)8-4-13/h1-8,16,19-20H,9-11H2. The molecule has 1 unspecified atom stereocenters. The highest BCUT2D eigenvalue weighted by Gasteiger charge is 2.06. The number of benzene rings is 2. The summed E-state index contributed by atoms with van der Waals surface area (Å²) in [6, 6.07) is 13.6. The first-order valence-corrected chi connectivity index (χ1v) is 6.91. The molecule has 0 spiro atoms. The molecular formula is C16H17ClFNO. The minimum absolute atomic E-state index is 0.295. The van der Waals surface area contributed by atoms with Gasteiger partial charge in [0.2, 0.25) is 0 Å². The van der Waals surface area contributed by atoms with E-state index < -0.39 is 6.10 Å². The molecule has 0 saturated heterocycles. The normalized spacial score (nSPS) is 12.3. The molecular weight excluding hydrogens is 277 g/mol. The third kappa shape index (κ3) is 4.60. The number of hydrogen-bond acceptors (Lipinski definition) is 2. The van der Waals surface area contributed by atoms with Crippen molar-refractivity contribution in [1.82, 2.24) is 5.32 Å². The van der Waals surface area contributed by atoms with Crippen molar-refractivity contribution in [1.29, 1.82) is 0 Å². The van der Waals surface area contributed by atoms with E-state index in [2.05, 4.69) is 5.32 Å². The van der Waals surface area contributed by atoms with E-state index >= 15 is 0 Å². The predicted octanol–water partition coefficient (Wildman–Crippen LogP) is 3.34. The second kappa shape index (κ2) is 7.39. The fraction of sp³-hybridized carbons (Fsp3) is 0.250. The van der Waals surface area contributed by atoms with Crippen LogP contribution in [0.1, 0.15) is 17.2 Å². The van der Waals surface area contributed by atoms with Crippen LogP contribution in [-0.2, 0) is 6.42 Å². The highest BCUT2D eigenvalue weighted by atomic mass is 35.5. The lowest BCUT2D eigenvalue weighted by Gasteiger charge is -2.12. The molecule has 0 aromatic heterocycles. The monoisotopic (exact) mass is 293 g/mol. The van der Waals surface area contributed by atoms with Crippen molar-refractivity contribution in [3.63, 3.8) is 0 Å². The SMILES string of the molecule is OC(CNCCc1ccc(Cl)cc1)c1ccc(F)cc1. The maximum atomic E-state index is 12.8. The number of hydrogen-bond donors (Lipinski definition) is 2. The molecule has 0 aliphatic carbocycles. The Kier molecular flexibility index (Phi) is 5.53. The summed E-state index contributed by atoms with van der Waals surface area (Å²) in [5.41, 5.74) is 1.91. The minimum atomic E-state index is -0.624. The van der Waals surface area contributed by atoms with Crippen LogP contribution < -0.4 is 5.32 Å². The van der Waals surface area contributed by atoms with E-state index in [4.69, 9.17) is 11.6 Å². The second-order valence-electron chi connectivity index (χ2n) is 4.65. The molecule has 0 saturated carbocycles. The van der Waals surface area contributed by atoms with Crippen LogP contribution in [0, 0.1) is 5.82 Å². The number of rotatable bonds is 6. The number of aliphatic hydroxyl groups is 1. The molecule has 0 bridgehead atoms. The number of aliphatic hydroxyl groups excluding tert-OH is 1. The Morgan fingerprint density at radius 1 is 1.05 bits per heavy atom. The Morgan fingerprint density at radius 2 is 1.70 bits per heavy atom. The Morgan fingerprint density at radius 3 is 2.35 bits per heavy atom. The van der Waals surface area contributed by atoms with Crippen molar-refractivity contribution in [2.24, 2.45) is 0 Å². The number of nitrogens with one attached hydrogen (secondary N) is 1. The van der Waals surface area contributed by atoms with Gasteiger partial charge in [0.05, 0.1) is 6.10 Å². The highest BCUT2D eigenvalue weighted by Crippen LogP contribution is 2.12. The largest absolute Gasteiger partial charge is 0.387 e. The zero-order valence-corrected chi connectivity index (χ0v) is 11.8. The van der Waals surface area contributed by atoms with Crippen LogP contribution >= 0.6 is 11.6 Å². The summed E-state index contributed by atoms with van der Waals surface area (Å²) in [5.74, 6) is -0.295. The lowest BCUT2D eigenvalue weighted by molar-refractivity contribution is 0.175. The van der Waals surface area contributed by atoms with Crippen LogP contribution in [0.15, 0.2) is 48.5 Å². The first-order chi connectivity index (χ1) is 9.65. The van der Waals surface area contributed by atoms with E-state index in [1.54, 1.807) is 12.1 Å². The smallest absolute Gasteiger partial charge is 0.123 e. The van der Waals surface area contributed by atoms with E-state index in [1.807, 2.05) is 24.3 Å². The fourth-order valence-electron chi connectivity index (χ4n) is 1.93. The van der Waals surface area contributed by atoms with E-state index in [-0.39, 0.29) is 5.82 Å². The molecule has 2 N–H and O–H groups in total. The molecule has 4 heteroatoms. The van der Waals surface area contributed by atoms with Gasteiger partial charge < -0.3 is 10.4 Å². The molecule has 106 valence electrons. The third-order valence-electron chi connectivity index (χ3n) is 3.10. The Balaban J connectivity index is 1.72. The lowest BCUT2D eigenvalue weighted by atomic mass is 10.1. The summed E-state index contributed by atoms with van der Waals surface area (Å²) in [6.07, 6.45) is 0.244. The molecule has 0 heterocycles. The zero-order valence-electron chi connectivity index (χ0n) is 11.0. The lowest BCUT2D eigenvalue weighted by Crippen LogP contribution is -2.23. The average Bonchev–Trinajstić information content (AvgIpc) is 2.46. The first kappa shape index (κ1) is 15.0. The third-order valence-corrected chi connectivity index (χ3v) is 3.35. The van der Waals surface area contributed by atoms with Crippen molar-refractivity contribution < 1.29 is 9.50 Å². The molecule has 2 aromatic rings. The van der Waals surface area contributed by atoms with E-state index in [0.29, 0.717) is 12.1 Å². The van der Waals surface area contributed by atoms with Gasteiger partial charge in [0.25, 0.3) is 0 Å². The van der Waals surface area contributed by atoms with Gasteiger partial charge in [-0.25, -0.2) is 4.39 Å². The van der Waals surface area contributed by atoms with Crippen molar-refractivity contribution in [2.45, 2.75) is 12.5 Å². The van der Waals surface area contributed by atoms with Gasteiger partial charge >= 0.3 is 0 Å². The molecule has 20 heavy (non-hydrogen) atoms. The summed E-state index contributed by atoms with van der Waals surface area (Å²) in [7, 11) is 0. The van der Waals surface area contributed by atoms with Gasteiger partial charge in [-0.3, -0.25) is 0 Å². The molecule has 0 aliphatic rings. The molecule has 2 rings (SSSR count). The van der Waals surface area contributed by atoms with Gasteiger partial charge in [-0.15, -0.1) is 0 Å². The van der Waals surface area contributed by atoms with Crippen LogP contribution in [0.3, 0.4) is 0 Å². The predicted molar refractivity (Wildman–Crippen MR) is 79.4 cm³/mol. The van der Waals surface area contributed by atoms with Gasteiger partial charge in [0.15, 0.2) is 0 Å². The Labute approximate surface area is 123 Å². The topological polar surface area (TPSA) is 32.3 Å². The summed E-state index contributed by atoms with van der Waals surface area (Å²) >= 11 is 5.82. The Hall–Kier alpha value is -1.42. The molecule has 0 amide bonds. The van der Waals surface area contributed by atoms with Gasteiger partial charge in [0.1, 0.15) is 5.82 Å². The summed E-state index contributed by atoms with van der Waals surface area (Å²) in [6.45, 7) is 1.21. The van der Waals surface area contributed by atoms with E-state index in [1.165, 1.54) is 17.7 Å². The quantitative estimate of drug-likeness (QED) is 0.801. The van der Waals surface area contributed by atoms with Gasteiger partial charge in [-0.2, -0.15) is 0 Å². The second-order valence-corrected chi connectivity index (χ2v) is 5.08. The summed E-state index contributed by atoms with van der Waals surface area (Å²) in [5, 5.41) is 13.9. The number of halogens is 2. The maximum Gasteiger partial charge on any atom is 0.123 e. The maximum absolute atomic E-state index is 12.8. The molecule has 2 nitrogen and oxygen atoms in total. The van der Waals surface area contributed by atoms with Crippen LogP contribution in [0.25, 0.3) is 0 Å². The minimum Gasteiger partial charge on any atom is -0.387 e. The molecule has 0 aliphatic heterocycles. The van der Waals surface area contributed by atoms with E-state index in [0.717, 1.165) is 18.0 Å². The van der Waals surface area contributed by atoms with Crippen molar-refractivity contribution in [2.75, 3.05) is 13.1 Å². The van der Waals surface area contributed by atoms with Crippen LogP contribution in [0.4, 0.5) is 4.39 Å². The summed E-state index contributed by atoms with van der Waals surface area (Å²) in [4.78, 5) is 0. The average molecular weight is 294 g/mol. The Bertz CT molecular complexity index is 527. The van der Waals surface area contributed by atoms with Crippen LogP contribution in [-0.4, -0.2) is 18.2 Å². The zero-order chi connectivity index (χ0) is 14.4. The van der Waals surface area contributed by atoms with Gasteiger partial charge in [0, 0.05) is 11.6 Å². The first-order valence-electron chi connectivity index (χ1n) is 6.54. The molecule has 1 atom stereocenters. The van der Waals surface area contributed by atoms with Crippen LogP contribution in [0.5, 0.6) is 0 Å². The van der Waals surface area contributed by atoms with Crippen molar-refractivity contribution in [3.8, 4) is 0 Å². The van der Waals surface area contributed by atoms with Crippen molar-refractivity contribution >= 4 is 11.6 Å². The van der Waals surface area contributed by atoms with Crippen LogP contribution in [0.2, 0.25) is 5.02 Å². The molecule has 0 radical (unpaired) electrons. The van der Waals surface area contributed by atoms with E-state index in [9.17, 15) is 9.50 Å². The van der Waals surface area contributed by atoms with Crippen molar-refractivity contribution in [3.05, 3.63) is 70.5 Å². The molecule has 0 fully saturated rings. The van der Waals surface area contributed by atoms with Gasteiger partial charge in [-0.1, -0.05) is 35.9 Å². The summed E-state index contributed by atoms with van der Waals surface area (Å²) < 4.78 is 12.8. The highest BCUT2D eigenvalue weighted by molar-refractivity contribution is 6.30. The molecule has 2 aromatic carbocycles. The van der Waals surface area contributed by atoms with Gasteiger partial charge in [-0.05, 0) is 48.4 Å².